The maximum absolute atomic E-state index is 13.2. The molecule has 0 aromatic heterocycles. The molecule has 1 aliphatic carbocycles. The Labute approximate surface area is 168 Å². The summed E-state index contributed by atoms with van der Waals surface area (Å²) >= 11 is 0. The Morgan fingerprint density at radius 1 is 1.18 bits per heavy atom. The number of allylic oxidation sites excluding steroid dienone is 1. The number of hydrogen-bond acceptors (Lipinski definition) is 4. The molecule has 0 saturated heterocycles. The zero-order valence-corrected chi connectivity index (χ0v) is 17.8. The third-order valence-corrected chi connectivity index (χ3v) is 5.67. The van der Waals surface area contributed by atoms with Crippen LogP contribution in [0.25, 0.3) is 0 Å². The van der Waals surface area contributed by atoms with Gasteiger partial charge in [-0.1, -0.05) is 45.0 Å². The van der Waals surface area contributed by atoms with Gasteiger partial charge < -0.3 is 4.74 Å². The summed E-state index contributed by atoms with van der Waals surface area (Å²) in [5.41, 5.74) is 4.23. The van der Waals surface area contributed by atoms with Crippen molar-refractivity contribution in [1.82, 2.24) is 0 Å². The Morgan fingerprint density at radius 2 is 1.82 bits per heavy atom. The zero-order valence-electron chi connectivity index (χ0n) is 17.8. The number of ketones is 1. The molecular weight excluding hydrogens is 350 g/mol. The molecule has 2 aliphatic rings. The SMILES string of the molecule is CCc1ccc([C@@H]2C(C(=O)OC(C)C)=C(C)N=C3CC(C)(C)CC(=O)C32)cc1. The van der Waals surface area contributed by atoms with Crippen LogP contribution in [0.5, 0.6) is 0 Å². The van der Waals surface area contributed by atoms with Crippen molar-refractivity contribution >= 4 is 17.5 Å². The second-order valence-electron chi connectivity index (χ2n) is 9.09. The highest BCUT2D eigenvalue weighted by atomic mass is 16.5. The molecular formula is C24H31NO3. The number of carbonyl (C=O) groups excluding carboxylic acids is 2. The molecule has 4 heteroatoms. The lowest BCUT2D eigenvalue weighted by Gasteiger charge is -2.41. The number of aliphatic imine (C=N–C) groups is 1. The number of hydrogen-bond donors (Lipinski definition) is 0. The van der Waals surface area contributed by atoms with Crippen LogP contribution in [0, 0.1) is 11.3 Å². The molecule has 1 aromatic carbocycles. The fourth-order valence-corrected chi connectivity index (χ4v) is 4.46. The van der Waals surface area contributed by atoms with Crippen LogP contribution in [0.15, 0.2) is 40.5 Å². The fourth-order valence-electron chi connectivity index (χ4n) is 4.46. The van der Waals surface area contributed by atoms with E-state index in [1.54, 1.807) is 0 Å². The predicted molar refractivity (Wildman–Crippen MR) is 111 cm³/mol. The quantitative estimate of drug-likeness (QED) is 0.688. The van der Waals surface area contributed by atoms with E-state index < -0.39 is 0 Å². The van der Waals surface area contributed by atoms with Crippen LogP contribution >= 0.6 is 0 Å². The number of ether oxygens (including phenoxy) is 1. The average molecular weight is 382 g/mol. The van der Waals surface area contributed by atoms with Crippen LogP contribution < -0.4 is 0 Å². The molecule has 1 fully saturated rings. The number of nitrogens with zero attached hydrogens (tertiary/aromatic N) is 1. The minimum Gasteiger partial charge on any atom is -0.460 e. The number of benzene rings is 1. The van der Waals surface area contributed by atoms with Crippen LogP contribution in [-0.2, 0) is 20.7 Å². The Bertz CT molecular complexity index is 843. The van der Waals surface area contributed by atoms with Crippen LogP contribution in [0.4, 0.5) is 0 Å². The number of carbonyl (C=O) groups is 2. The van der Waals surface area contributed by atoms with Gasteiger partial charge in [-0.3, -0.25) is 9.79 Å². The Hall–Kier alpha value is -2.23. The van der Waals surface area contributed by atoms with Gasteiger partial charge in [0.05, 0.1) is 17.6 Å². The van der Waals surface area contributed by atoms with Gasteiger partial charge >= 0.3 is 5.97 Å². The molecule has 0 N–H and O–H groups in total. The Balaban J connectivity index is 2.13. The number of fused-ring (bicyclic) bond motifs is 1. The lowest BCUT2D eigenvalue weighted by atomic mass is 9.63. The molecule has 1 saturated carbocycles. The first-order valence-corrected chi connectivity index (χ1v) is 10.2. The van der Waals surface area contributed by atoms with E-state index in [-0.39, 0.29) is 35.1 Å². The number of esters is 1. The molecule has 1 aliphatic heterocycles. The van der Waals surface area contributed by atoms with Gasteiger partial charge in [-0.05, 0) is 50.2 Å². The Morgan fingerprint density at radius 3 is 2.39 bits per heavy atom. The van der Waals surface area contributed by atoms with Gasteiger partial charge in [0, 0.05) is 23.7 Å². The van der Waals surface area contributed by atoms with E-state index in [4.69, 9.17) is 9.73 Å². The van der Waals surface area contributed by atoms with Gasteiger partial charge in [0.1, 0.15) is 5.78 Å². The fraction of sp³-hybridized carbons (Fsp3) is 0.542. The molecule has 2 atom stereocenters. The molecule has 0 radical (unpaired) electrons. The molecule has 1 unspecified atom stereocenters. The van der Waals surface area contributed by atoms with Crippen molar-refractivity contribution in [1.29, 1.82) is 0 Å². The second kappa shape index (κ2) is 7.65. The lowest BCUT2D eigenvalue weighted by molar-refractivity contribution is -0.143. The molecule has 4 nitrogen and oxygen atoms in total. The average Bonchev–Trinajstić information content (AvgIpc) is 2.58. The molecule has 1 heterocycles. The third-order valence-electron chi connectivity index (χ3n) is 5.67. The predicted octanol–water partition coefficient (Wildman–Crippen LogP) is 5.02. The number of Topliss-reactive ketones (excluding diaryl/α,β-unsaturated/α-hetero) is 1. The van der Waals surface area contributed by atoms with Crippen LogP contribution in [0.1, 0.15) is 71.4 Å². The second-order valence-corrected chi connectivity index (χ2v) is 9.09. The van der Waals surface area contributed by atoms with Gasteiger partial charge in [-0.25, -0.2) is 4.79 Å². The third kappa shape index (κ3) is 3.96. The summed E-state index contributed by atoms with van der Waals surface area (Å²) in [6.07, 6.45) is 2.01. The van der Waals surface area contributed by atoms with E-state index in [1.165, 1.54) is 5.56 Å². The summed E-state index contributed by atoms with van der Waals surface area (Å²) in [6, 6.07) is 8.27. The van der Waals surface area contributed by atoms with Crippen molar-refractivity contribution in [3.63, 3.8) is 0 Å². The van der Waals surface area contributed by atoms with E-state index in [9.17, 15) is 9.59 Å². The monoisotopic (exact) mass is 381 g/mol. The van der Waals surface area contributed by atoms with Crippen molar-refractivity contribution < 1.29 is 14.3 Å². The highest BCUT2D eigenvalue weighted by molar-refractivity contribution is 6.12. The first-order chi connectivity index (χ1) is 13.1. The van der Waals surface area contributed by atoms with Crippen LogP contribution in [-0.4, -0.2) is 23.6 Å². The van der Waals surface area contributed by atoms with Crippen molar-refractivity contribution in [2.24, 2.45) is 16.3 Å². The molecule has 0 amide bonds. The van der Waals surface area contributed by atoms with Gasteiger partial charge in [0.15, 0.2) is 0 Å². The smallest absolute Gasteiger partial charge is 0.336 e. The molecule has 1 aromatic rings. The van der Waals surface area contributed by atoms with Crippen molar-refractivity contribution in [3.05, 3.63) is 46.7 Å². The van der Waals surface area contributed by atoms with Crippen molar-refractivity contribution in [2.45, 2.75) is 72.8 Å². The first-order valence-electron chi connectivity index (χ1n) is 10.2. The topological polar surface area (TPSA) is 55.7 Å². The van der Waals surface area contributed by atoms with Gasteiger partial charge in [0.2, 0.25) is 0 Å². The van der Waals surface area contributed by atoms with Gasteiger partial charge in [0.25, 0.3) is 0 Å². The van der Waals surface area contributed by atoms with E-state index in [0.29, 0.717) is 17.7 Å². The van der Waals surface area contributed by atoms with Crippen LogP contribution in [0.3, 0.4) is 0 Å². The van der Waals surface area contributed by atoms with E-state index in [1.807, 2.05) is 20.8 Å². The standard InChI is InChI=1S/C24H31NO3/c1-7-16-8-10-17(11-9-16)21-20(23(27)28-14(2)3)15(4)25-18-12-24(5,6)13-19(26)22(18)21/h8-11,14,21-22H,7,12-13H2,1-6H3/t21-,22?/m1/s1. The summed E-state index contributed by atoms with van der Waals surface area (Å²) in [7, 11) is 0. The first kappa shape index (κ1) is 20.5. The molecule has 28 heavy (non-hydrogen) atoms. The summed E-state index contributed by atoms with van der Waals surface area (Å²) in [4.78, 5) is 30.9. The molecule has 3 rings (SSSR count). The maximum Gasteiger partial charge on any atom is 0.336 e. The van der Waals surface area contributed by atoms with Crippen LogP contribution in [0.2, 0.25) is 0 Å². The highest BCUT2D eigenvalue weighted by Crippen LogP contribution is 2.47. The summed E-state index contributed by atoms with van der Waals surface area (Å²) in [5, 5.41) is 0. The van der Waals surface area contributed by atoms with Crippen molar-refractivity contribution in [2.75, 3.05) is 0 Å². The molecule has 0 spiro atoms. The molecule has 150 valence electrons. The van der Waals surface area contributed by atoms with E-state index in [2.05, 4.69) is 45.0 Å². The van der Waals surface area contributed by atoms with Gasteiger partial charge in [-0.2, -0.15) is 0 Å². The largest absolute Gasteiger partial charge is 0.460 e. The minimum absolute atomic E-state index is 0.0980. The number of aryl methyl sites for hydroxylation is 1. The lowest BCUT2D eigenvalue weighted by Crippen LogP contribution is -2.44. The summed E-state index contributed by atoms with van der Waals surface area (Å²) in [5.74, 6) is -0.897. The summed E-state index contributed by atoms with van der Waals surface area (Å²) < 4.78 is 5.54. The Kier molecular flexibility index (Phi) is 5.60. The van der Waals surface area contributed by atoms with E-state index in [0.717, 1.165) is 24.1 Å². The number of rotatable bonds is 4. The van der Waals surface area contributed by atoms with Crippen molar-refractivity contribution in [3.8, 4) is 0 Å². The highest BCUT2D eigenvalue weighted by Gasteiger charge is 2.47. The maximum atomic E-state index is 13.2. The normalized spacial score (nSPS) is 24.1. The van der Waals surface area contributed by atoms with Gasteiger partial charge in [-0.15, -0.1) is 0 Å². The summed E-state index contributed by atoms with van der Waals surface area (Å²) in [6.45, 7) is 11.9. The molecule has 0 bridgehead atoms. The zero-order chi connectivity index (χ0) is 20.6. The van der Waals surface area contributed by atoms with E-state index >= 15 is 0 Å². The minimum atomic E-state index is -0.376.